The minimum atomic E-state index is -0.499. The standard InChI is InChI=1S/C15H15ClN2O3/c1-10(18-7-3-4-12(19)9-18)15(20)17-13-8-11(16)5-6-14(13)21-2/h3-10H,1-2H3,(H-,17,19,20)/p+1/t10-/m0/s1. The fourth-order valence-corrected chi connectivity index (χ4v) is 2.04. The number of anilines is 1. The largest absolute Gasteiger partial charge is 0.503 e. The monoisotopic (exact) mass is 307 g/mol. The maximum atomic E-state index is 12.3. The molecule has 0 aliphatic heterocycles. The Morgan fingerprint density at radius 2 is 2.19 bits per heavy atom. The van der Waals surface area contributed by atoms with E-state index in [9.17, 15) is 9.90 Å². The van der Waals surface area contributed by atoms with Crippen LogP contribution in [0.5, 0.6) is 11.5 Å². The van der Waals surface area contributed by atoms with Crippen molar-refractivity contribution in [3.05, 3.63) is 47.7 Å². The van der Waals surface area contributed by atoms with E-state index in [2.05, 4.69) is 5.32 Å². The summed E-state index contributed by atoms with van der Waals surface area (Å²) < 4.78 is 6.80. The quantitative estimate of drug-likeness (QED) is 0.853. The first-order valence-corrected chi connectivity index (χ1v) is 6.73. The molecule has 0 fully saturated rings. The molecule has 21 heavy (non-hydrogen) atoms. The van der Waals surface area contributed by atoms with Gasteiger partial charge in [-0.05, 0) is 24.3 Å². The van der Waals surface area contributed by atoms with Crippen LogP contribution >= 0.6 is 11.6 Å². The van der Waals surface area contributed by atoms with E-state index in [1.54, 1.807) is 48.0 Å². The fourth-order valence-electron chi connectivity index (χ4n) is 1.87. The van der Waals surface area contributed by atoms with E-state index in [0.717, 1.165) is 0 Å². The molecule has 0 aliphatic carbocycles. The molecule has 2 rings (SSSR count). The van der Waals surface area contributed by atoms with Gasteiger partial charge in [-0.2, -0.15) is 4.57 Å². The first kappa shape index (κ1) is 15.1. The van der Waals surface area contributed by atoms with Crippen LogP contribution in [0.4, 0.5) is 5.69 Å². The highest BCUT2D eigenvalue weighted by Gasteiger charge is 2.23. The van der Waals surface area contributed by atoms with Crippen molar-refractivity contribution in [2.75, 3.05) is 12.4 Å². The number of pyridine rings is 1. The summed E-state index contributed by atoms with van der Waals surface area (Å²) >= 11 is 5.93. The maximum absolute atomic E-state index is 12.3. The third-order valence-corrected chi connectivity index (χ3v) is 3.29. The summed E-state index contributed by atoms with van der Waals surface area (Å²) in [5, 5.41) is 12.7. The number of carbonyl (C=O) groups excluding carboxylic acids is 1. The maximum Gasteiger partial charge on any atom is 0.293 e. The Labute approximate surface area is 127 Å². The Hall–Kier alpha value is -2.27. The van der Waals surface area contributed by atoms with Crippen molar-refractivity contribution in [2.24, 2.45) is 0 Å². The normalized spacial score (nSPS) is 11.8. The summed E-state index contributed by atoms with van der Waals surface area (Å²) in [6, 6.07) is 7.70. The van der Waals surface area contributed by atoms with Gasteiger partial charge in [0.15, 0.2) is 11.9 Å². The number of carbonyl (C=O) groups is 1. The Morgan fingerprint density at radius 1 is 1.43 bits per heavy atom. The van der Waals surface area contributed by atoms with Crippen molar-refractivity contribution >= 4 is 23.2 Å². The minimum absolute atomic E-state index is 0.0949. The van der Waals surface area contributed by atoms with Crippen LogP contribution in [-0.2, 0) is 4.79 Å². The summed E-state index contributed by atoms with van der Waals surface area (Å²) in [6.45, 7) is 1.73. The zero-order valence-corrected chi connectivity index (χ0v) is 12.5. The zero-order chi connectivity index (χ0) is 15.4. The first-order chi connectivity index (χ1) is 10.0. The van der Waals surface area contributed by atoms with E-state index in [1.165, 1.54) is 13.3 Å². The Morgan fingerprint density at radius 3 is 2.86 bits per heavy atom. The van der Waals surface area contributed by atoms with Crippen LogP contribution in [0, 0.1) is 0 Å². The second-order valence-corrected chi connectivity index (χ2v) is 4.96. The lowest BCUT2D eigenvalue weighted by molar-refractivity contribution is -0.705. The van der Waals surface area contributed by atoms with E-state index in [1.807, 2.05) is 0 Å². The summed E-state index contributed by atoms with van der Waals surface area (Å²) in [5.41, 5.74) is 0.502. The average Bonchev–Trinajstić information content (AvgIpc) is 2.46. The van der Waals surface area contributed by atoms with E-state index >= 15 is 0 Å². The molecule has 0 unspecified atom stereocenters. The van der Waals surface area contributed by atoms with Crippen LogP contribution in [0.1, 0.15) is 13.0 Å². The zero-order valence-electron chi connectivity index (χ0n) is 11.7. The van der Waals surface area contributed by atoms with E-state index < -0.39 is 6.04 Å². The predicted molar refractivity (Wildman–Crippen MR) is 79.6 cm³/mol. The van der Waals surface area contributed by atoms with Gasteiger partial charge >= 0.3 is 0 Å². The van der Waals surface area contributed by atoms with Gasteiger partial charge in [-0.25, -0.2) is 0 Å². The topological polar surface area (TPSA) is 62.4 Å². The van der Waals surface area contributed by atoms with Crippen LogP contribution < -0.4 is 14.6 Å². The Bertz CT molecular complexity index is 661. The number of nitrogens with zero attached hydrogens (tertiary/aromatic N) is 1. The van der Waals surface area contributed by atoms with Crippen LogP contribution in [0.25, 0.3) is 0 Å². The number of hydrogen-bond donors (Lipinski definition) is 2. The number of halogens is 1. The molecule has 1 amide bonds. The molecule has 0 aliphatic rings. The van der Waals surface area contributed by atoms with E-state index in [0.29, 0.717) is 16.5 Å². The van der Waals surface area contributed by atoms with Gasteiger partial charge in [0.2, 0.25) is 12.2 Å². The van der Waals surface area contributed by atoms with Gasteiger partial charge in [0.25, 0.3) is 5.91 Å². The highest BCUT2D eigenvalue weighted by molar-refractivity contribution is 6.31. The number of aromatic nitrogens is 1. The van der Waals surface area contributed by atoms with Gasteiger partial charge in [0, 0.05) is 18.0 Å². The molecule has 0 saturated carbocycles. The third kappa shape index (κ3) is 3.64. The highest BCUT2D eigenvalue weighted by Crippen LogP contribution is 2.28. The number of hydrogen-bond acceptors (Lipinski definition) is 3. The molecule has 5 nitrogen and oxygen atoms in total. The molecule has 1 heterocycles. The molecule has 1 aromatic heterocycles. The average molecular weight is 308 g/mol. The molecule has 6 heteroatoms. The van der Waals surface area contributed by atoms with Crippen molar-refractivity contribution in [3.63, 3.8) is 0 Å². The van der Waals surface area contributed by atoms with Crippen LogP contribution in [-0.4, -0.2) is 18.1 Å². The Balaban J connectivity index is 2.20. The van der Waals surface area contributed by atoms with Crippen molar-refractivity contribution < 1.29 is 19.2 Å². The second-order valence-electron chi connectivity index (χ2n) is 4.52. The summed E-state index contributed by atoms with van der Waals surface area (Å²) in [4.78, 5) is 12.3. The number of nitrogens with one attached hydrogen (secondary N) is 1. The van der Waals surface area contributed by atoms with Crippen LogP contribution in [0.3, 0.4) is 0 Å². The van der Waals surface area contributed by atoms with Crippen LogP contribution in [0.2, 0.25) is 5.02 Å². The summed E-state index contributed by atoms with van der Waals surface area (Å²) in [6.07, 6.45) is 3.19. The predicted octanol–water partition coefficient (Wildman–Crippen LogP) is 2.54. The van der Waals surface area contributed by atoms with E-state index in [4.69, 9.17) is 16.3 Å². The van der Waals surface area contributed by atoms with E-state index in [-0.39, 0.29) is 11.7 Å². The molecule has 110 valence electrons. The van der Waals surface area contributed by atoms with Gasteiger partial charge < -0.3 is 15.2 Å². The molecule has 0 radical (unpaired) electrons. The van der Waals surface area contributed by atoms with Gasteiger partial charge in [0.1, 0.15) is 5.75 Å². The smallest absolute Gasteiger partial charge is 0.293 e. The molecule has 1 aromatic carbocycles. The highest BCUT2D eigenvalue weighted by atomic mass is 35.5. The lowest BCUT2D eigenvalue weighted by Gasteiger charge is -2.12. The van der Waals surface area contributed by atoms with Crippen LogP contribution in [0.15, 0.2) is 42.7 Å². The van der Waals surface area contributed by atoms with Gasteiger partial charge in [0.05, 0.1) is 12.8 Å². The molecular weight excluding hydrogens is 292 g/mol. The lowest BCUT2D eigenvalue weighted by atomic mass is 10.2. The third-order valence-electron chi connectivity index (χ3n) is 3.05. The number of amides is 1. The molecule has 0 bridgehead atoms. The molecular formula is C15H16ClN2O3+. The number of methoxy groups -OCH3 is 1. The Kier molecular flexibility index (Phi) is 4.65. The SMILES string of the molecule is COc1ccc(Cl)cc1NC(=O)[C@H](C)[n+]1cccc(O)c1. The number of rotatable bonds is 4. The van der Waals surface area contributed by atoms with Crippen molar-refractivity contribution in [1.29, 1.82) is 0 Å². The molecule has 1 atom stereocenters. The molecule has 2 N–H and O–H groups in total. The van der Waals surface area contributed by atoms with Gasteiger partial charge in [-0.3, -0.25) is 4.79 Å². The number of benzene rings is 1. The first-order valence-electron chi connectivity index (χ1n) is 6.35. The van der Waals surface area contributed by atoms with Crippen molar-refractivity contribution in [3.8, 4) is 11.5 Å². The molecule has 0 saturated heterocycles. The number of aromatic hydroxyl groups is 1. The molecule has 0 spiro atoms. The number of ether oxygens (including phenoxy) is 1. The molecule has 2 aromatic rings. The van der Waals surface area contributed by atoms with Gasteiger partial charge in [-0.15, -0.1) is 0 Å². The summed E-state index contributed by atoms with van der Waals surface area (Å²) in [5.74, 6) is 0.379. The summed E-state index contributed by atoms with van der Waals surface area (Å²) in [7, 11) is 1.52. The van der Waals surface area contributed by atoms with Crippen molar-refractivity contribution in [2.45, 2.75) is 13.0 Å². The second kappa shape index (κ2) is 6.45. The minimum Gasteiger partial charge on any atom is -0.503 e. The van der Waals surface area contributed by atoms with Crippen molar-refractivity contribution in [1.82, 2.24) is 0 Å². The fraction of sp³-hybridized carbons (Fsp3) is 0.200. The lowest BCUT2D eigenvalue weighted by Crippen LogP contribution is -2.43. The van der Waals surface area contributed by atoms with Gasteiger partial charge in [-0.1, -0.05) is 11.6 Å².